The standard InChI is InChI=1S/C18H23N3O3/c1-19-12-18(24-17(19)23)7-9-21(13-18)16(22)11-20-8-6-14-4-2-3-5-15(14)10-20/h2-5H,6-13H2,1H3. The fourth-order valence-corrected chi connectivity index (χ4v) is 4.04. The highest BCUT2D eigenvalue weighted by molar-refractivity contribution is 5.79. The normalized spacial score (nSPS) is 26.8. The largest absolute Gasteiger partial charge is 0.439 e. The molecule has 2 amide bonds. The molecule has 4 rings (SSSR count). The van der Waals surface area contributed by atoms with Crippen LogP contribution in [0.25, 0.3) is 0 Å². The molecule has 0 saturated carbocycles. The molecule has 2 saturated heterocycles. The van der Waals surface area contributed by atoms with Crippen LogP contribution >= 0.6 is 0 Å². The van der Waals surface area contributed by atoms with Crippen LogP contribution in [0.15, 0.2) is 24.3 Å². The van der Waals surface area contributed by atoms with Gasteiger partial charge in [0.25, 0.3) is 0 Å². The van der Waals surface area contributed by atoms with Gasteiger partial charge in [-0.1, -0.05) is 24.3 Å². The van der Waals surface area contributed by atoms with Crippen LogP contribution in [0.4, 0.5) is 4.79 Å². The van der Waals surface area contributed by atoms with E-state index >= 15 is 0 Å². The maximum Gasteiger partial charge on any atom is 0.410 e. The van der Waals surface area contributed by atoms with E-state index in [9.17, 15) is 9.59 Å². The molecule has 1 aromatic carbocycles. The van der Waals surface area contributed by atoms with E-state index in [4.69, 9.17) is 4.74 Å². The number of amides is 2. The molecule has 0 aromatic heterocycles. The zero-order valence-electron chi connectivity index (χ0n) is 14.0. The number of likely N-dealkylation sites (N-methyl/N-ethyl adjacent to an activating group) is 1. The second-order valence-corrected chi connectivity index (χ2v) is 7.20. The van der Waals surface area contributed by atoms with Crippen molar-refractivity contribution in [1.82, 2.24) is 14.7 Å². The SMILES string of the molecule is CN1CC2(CCN(C(=O)CN3CCc4ccccc4C3)C2)OC1=O. The number of nitrogens with zero attached hydrogens (tertiary/aromatic N) is 3. The number of hydrogen-bond acceptors (Lipinski definition) is 4. The first-order chi connectivity index (χ1) is 11.5. The first kappa shape index (κ1) is 15.4. The summed E-state index contributed by atoms with van der Waals surface area (Å²) in [4.78, 5) is 30.0. The predicted octanol–water partition coefficient (Wildman–Crippen LogP) is 1.10. The molecule has 1 spiro atoms. The summed E-state index contributed by atoms with van der Waals surface area (Å²) in [6.45, 7) is 3.95. The van der Waals surface area contributed by atoms with Crippen molar-refractivity contribution < 1.29 is 14.3 Å². The highest BCUT2D eigenvalue weighted by Gasteiger charge is 2.49. The Morgan fingerprint density at radius 3 is 2.75 bits per heavy atom. The van der Waals surface area contributed by atoms with Crippen LogP contribution < -0.4 is 0 Å². The summed E-state index contributed by atoms with van der Waals surface area (Å²) in [5.74, 6) is 0.136. The van der Waals surface area contributed by atoms with Crippen molar-refractivity contribution in [2.45, 2.75) is 25.0 Å². The van der Waals surface area contributed by atoms with Crippen LogP contribution in [0, 0.1) is 0 Å². The molecule has 1 aromatic rings. The minimum atomic E-state index is -0.490. The highest BCUT2D eigenvalue weighted by Crippen LogP contribution is 2.32. The van der Waals surface area contributed by atoms with Gasteiger partial charge >= 0.3 is 6.09 Å². The smallest absolute Gasteiger partial charge is 0.410 e. The van der Waals surface area contributed by atoms with Gasteiger partial charge in [0.2, 0.25) is 5.91 Å². The summed E-state index contributed by atoms with van der Waals surface area (Å²) < 4.78 is 5.52. The van der Waals surface area contributed by atoms with Gasteiger partial charge in [-0.05, 0) is 17.5 Å². The molecule has 3 aliphatic heterocycles. The number of ether oxygens (including phenoxy) is 1. The third-order valence-corrected chi connectivity index (χ3v) is 5.38. The number of rotatable bonds is 2. The molecule has 3 heterocycles. The molecular formula is C18H23N3O3. The van der Waals surface area contributed by atoms with Crippen molar-refractivity contribution in [3.05, 3.63) is 35.4 Å². The molecule has 1 atom stereocenters. The van der Waals surface area contributed by atoms with Gasteiger partial charge in [-0.2, -0.15) is 0 Å². The summed E-state index contributed by atoms with van der Waals surface area (Å²) in [5, 5.41) is 0. The lowest BCUT2D eigenvalue weighted by molar-refractivity contribution is -0.132. The summed E-state index contributed by atoms with van der Waals surface area (Å²) in [5.41, 5.74) is 2.22. The van der Waals surface area contributed by atoms with Crippen molar-refractivity contribution in [3.8, 4) is 0 Å². The number of benzene rings is 1. The number of fused-ring (bicyclic) bond motifs is 1. The predicted molar refractivity (Wildman–Crippen MR) is 88.5 cm³/mol. The number of likely N-dealkylation sites (tertiary alicyclic amines) is 1. The monoisotopic (exact) mass is 329 g/mol. The average Bonchev–Trinajstić information content (AvgIpc) is 3.10. The summed E-state index contributed by atoms with van der Waals surface area (Å²) in [7, 11) is 1.74. The topological polar surface area (TPSA) is 53.1 Å². The van der Waals surface area contributed by atoms with Crippen LogP contribution in [-0.2, 0) is 22.5 Å². The number of carbonyl (C=O) groups is 2. The van der Waals surface area contributed by atoms with Crippen molar-refractivity contribution in [2.24, 2.45) is 0 Å². The van der Waals surface area contributed by atoms with Crippen LogP contribution in [0.5, 0.6) is 0 Å². The van der Waals surface area contributed by atoms with E-state index < -0.39 is 5.60 Å². The summed E-state index contributed by atoms with van der Waals surface area (Å²) in [6, 6.07) is 8.44. The zero-order chi connectivity index (χ0) is 16.7. The van der Waals surface area contributed by atoms with E-state index in [2.05, 4.69) is 29.2 Å². The maximum absolute atomic E-state index is 12.7. The fourth-order valence-electron chi connectivity index (χ4n) is 4.04. The highest BCUT2D eigenvalue weighted by atomic mass is 16.6. The molecule has 3 aliphatic rings. The molecule has 6 heteroatoms. The van der Waals surface area contributed by atoms with Gasteiger partial charge in [-0.15, -0.1) is 0 Å². The molecular weight excluding hydrogens is 306 g/mol. The van der Waals surface area contributed by atoms with Crippen LogP contribution in [0.1, 0.15) is 17.5 Å². The zero-order valence-corrected chi connectivity index (χ0v) is 14.0. The Labute approximate surface area is 142 Å². The van der Waals surface area contributed by atoms with Crippen LogP contribution in [0.2, 0.25) is 0 Å². The molecule has 24 heavy (non-hydrogen) atoms. The van der Waals surface area contributed by atoms with Crippen LogP contribution in [0.3, 0.4) is 0 Å². The molecule has 0 N–H and O–H groups in total. The van der Waals surface area contributed by atoms with E-state index in [1.165, 1.54) is 11.1 Å². The van der Waals surface area contributed by atoms with Gasteiger partial charge < -0.3 is 14.5 Å². The number of carbonyl (C=O) groups excluding carboxylic acids is 2. The second kappa shape index (κ2) is 5.77. The second-order valence-electron chi connectivity index (χ2n) is 7.20. The van der Waals surface area contributed by atoms with Gasteiger partial charge in [-0.3, -0.25) is 9.69 Å². The third kappa shape index (κ3) is 2.75. The summed E-state index contributed by atoms with van der Waals surface area (Å²) >= 11 is 0. The first-order valence-electron chi connectivity index (χ1n) is 8.56. The molecule has 0 aliphatic carbocycles. The van der Waals surface area contributed by atoms with E-state index in [1.807, 2.05) is 4.90 Å². The Balaban J connectivity index is 1.36. The Kier molecular flexibility index (Phi) is 3.72. The van der Waals surface area contributed by atoms with Gasteiger partial charge in [0.1, 0.15) is 0 Å². The van der Waals surface area contributed by atoms with Gasteiger partial charge in [0, 0.05) is 33.1 Å². The Bertz CT molecular complexity index is 677. The summed E-state index contributed by atoms with van der Waals surface area (Å²) in [6.07, 6.45) is 1.45. The quantitative estimate of drug-likeness (QED) is 0.815. The minimum Gasteiger partial charge on any atom is -0.439 e. The van der Waals surface area contributed by atoms with Gasteiger partial charge in [0.05, 0.1) is 19.6 Å². The number of hydrogen-bond donors (Lipinski definition) is 0. The van der Waals surface area contributed by atoms with Crippen molar-refractivity contribution in [2.75, 3.05) is 39.8 Å². The molecule has 128 valence electrons. The van der Waals surface area contributed by atoms with Gasteiger partial charge in [0.15, 0.2) is 5.60 Å². The Hall–Kier alpha value is -2.08. The Morgan fingerprint density at radius 1 is 1.21 bits per heavy atom. The molecule has 6 nitrogen and oxygen atoms in total. The van der Waals surface area contributed by atoms with Gasteiger partial charge in [-0.25, -0.2) is 4.79 Å². The van der Waals surface area contributed by atoms with E-state index in [-0.39, 0.29) is 12.0 Å². The molecule has 2 fully saturated rings. The maximum atomic E-state index is 12.7. The van der Waals surface area contributed by atoms with E-state index in [0.717, 1.165) is 25.9 Å². The fraction of sp³-hybridized carbons (Fsp3) is 0.556. The molecule has 1 unspecified atom stereocenters. The lowest BCUT2D eigenvalue weighted by atomic mass is 10.00. The lowest BCUT2D eigenvalue weighted by Gasteiger charge is -2.30. The van der Waals surface area contributed by atoms with E-state index in [1.54, 1.807) is 11.9 Å². The third-order valence-electron chi connectivity index (χ3n) is 5.38. The lowest BCUT2D eigenvalue weighted by Crippen LogP contribution is -2.44. The van der Waals surface area contributed by atoms with E-state index in [0.29, 0.717) is 26.2 Å². The molecule has 0 radical (unpaired) electrons. The van der Waals surface area contributed by atoms with Crippen molar-refractivity contribution in [1.29, 1.82) is 0 Å². The Morgan fingerprint density at radius 2 is 2.00 bits per heavy atom. The average molecular weight is 329 g/mol. The van der Waals surface area contributed by atoms with Crippen molar-refractivity contribution in [3.63, 3.8) is 0 Å². The van der Waals surface area contributed by atoms with Crippen molar-refractivity contribution >= 4 is 12.0 Å². The first-order valence-corrected chi connectivity index (χ1v) is 8.56. The van der Waals surface area contributed by atoms with Crippen LogP contribution in [-0.4, -0.2) is 72.1 Å². The minimum absolute atomic E-state index is 0.136. The molecule has 0 bridgehead atoms.